The van der Waals surface area contributed by atoms with Crippen molar-refractivity contribution in [2.75, 3.05) is 20.3 Å². The number of nitrogens with two attached hydrogens (primary N) is 1. The van der Waals surface area contributed by atoms with Crippen molar-refractivity contribution in [1.82, 2.24) is 20.1 Å². The molecule has 1 atom stereocenters. The molecule has 2 aromatic heterocycles. The van der Waals surface area contributed by atoms with Crippen LogP contribution in [0.15, 0.2) is 85.2 Å². The molecule has 2 aromatic carbocycles. The third-order valence-corrected chi connectivity index (χ3v) is 6.33. The second-order valence-corrected chi connectivity index (χ2v) is 8.66. The Hall–Kier alpha value is -4.54. The summed E-state index contributed by atoms with van der Waals surface area (Å²) in [6, 6.07) is 21.1. The van der Waals surface area contributed by atoms with E-state index in [1.54, 1.807) is 31.6 Å². The average Bonchev–Trinajstić information content (AvgIpc) is 3.65. The fraction of sp³-hybridized carbons (Fsp3) is 0.214. The van der Waals surface area contributed by atoms with Crippen molar-refractivity contribution >= 4 is 11.8 Å². The van der Waals surface area contributed by atoms with E-state index in [0.29, 0.717) is 17.3 Å². The van der Waals surface area contributed by atoms with Crippen LogP contribution in [0.25, 0.3) is 17.1 Å². The number of nitrogens with one attached hydrogen (secondary N) is 1. The minimum absolute atomic E-state index is 0.182. The van der Waals surface area contributed by atoms with Crippen LogP contribution >= 0.6 is 0 Å². The Morgan fingerprint density at radius 1 is 1.05 bits per heavy atom. The van der Waals surface area contributed by atoms with Crippen LogP contribution in [-0.4, -0.2) is 58.7 Å². The van der Waals surface area contributed by atoms with Crippen LogP contribution in [0.2, 0.25) is 0 Å². The van der Waals surface area contributed by atoms with Gasteiger partial charge in [0.05, 0.1) is 37.6 Å². The molecule has 1 fully saturated rings. The van der Waals surface area contributed by atoms with E-state index in [1.165, 1.54) is 4.68 Å². The smallest absolute Gasteiger partial charge is 0.280 e. The third kappa shape index (κ3) is 4.86. The second-order valence-electron chi connectivity index (χ2n) is 8.66. The largest absolute Gasteiger partial charge is 0.496 e. The van der Waals surface area contributed by atoms with E-state index in [4.69, 9.17) is 19.9 Å². The number of carbonyl (C=O) groups is 2. The first-order valence-corrected chi connectivity index (χ1v) is 12.1. The maximum atomic E-state index is 13.7. The predicted molar refractivity (Wildman–Crippen MR) is 139 cm³/mol. The predicted octanol–water partition coefficient (Wildman–Crippen LogP) is 2.51. The maximum absolute atomic E-state index is 13.7. The number of carbonyl (C=O) groups excluding carboxylic acids is 2. The van der Waals surface area contributed by atoms with Crippen LogP contribution in [0.4, 0.5) is 0 Å². The molecule has 38 heavy (non-hydrogen) atoms. The van der Waals surface area contributed by atoms with Crippen molar-refractivity contribution < 1.29 is 23.8 Å². The van der Waals surface area contributed by atoms with Gasteiger partial charge in [-0.15, -0.1) is 0 Å². The number of para-hydroxylation sites is 1. The number of rotatable bonds is 9. The molecule has 10 heteroatoms. The molecule has 4 aromatic rings. The summed E-state index contributed by atoms with van der Waals surface area (Å²) in [6.45, 7) is 0.364. The molecular weight excluding hydrogens is 486 g/mol. The lowest BCUT2D eigenvalue weighted by Gasteiger charge is -2.33. The van der Waals surface area contributed by atoms with Gasteiger partial charge in [-0.05, 0) is 42.3 Å². The number of pyridine rings is 1. The normalized spacial score (nSPS) is 15.1. The summed E-state index contributed by atoms with van der Waals surface area (Å²) >= 11 is 0. The molecule has 194 valence electrons. The molecule has 1 aliphatic rings. The van der Waals surface area contributed by atoms with Gasteiger partial charge in [0.2, 0.25) is 0 Å². The second kappa shape index (κ2) is 10.8. The highest BCUT2D eigenvalue weighted by Crippen LogP contribution is 2.29. The number of nitrogens with zero attached hydrogens (tertiary/aromatic N) is 3. The minimum atomic E-state index is -1.80. The van der Waals surface area contributed by atoms with Gasteiger partial charge in [-0.3, -0.25) is 9.59 Å². The van der Waals surface area contributed by atoms with Crippen molar-refractivity contribution in [3.8, 4) is 22.8 Å². The van der Waals surface area contributed by atoms with Crippen molar-refractivity contribution in [3.05, 3.63) is 96.3 Å². The summed E-state index contributed by atoms with van der Waals surface area (Å²) in [4.78, 5) is 30.6. The van der Waals surface area contributed by atoms with Gasteiger partial charge in [-0.1, -0.05) is 42.5 Å². The molecule has 5 rings (SSSR count). The summed E-state index contributed by atoms with van der Waals surface area (Å²) in [6.07, 6.45) is 3.55. The molecule has 0 radical (unpaired) electrons. The molecule has 3 heterocycles. The van der Waals surface area contributed by atoms with E-state index in [9.17, 15) is 9.59 Å². The molecule has 10 nitrogen and oxygen atoms in total. The Morgan fingerprint density at radius 2 is 1.79 bits per heavy atom. The lowest BCUT2D eigenvalue weighted by molar-refractivity contribution is -0.189. The Balaban J connectivity index is 1.47. The van der Waals surface area contributed by atoms with E-state index < -0.39 is 23.6 Å². The summed E-state index contributed by atoms with van der Waals surface area (Å²) in [5, 5.41) is 7.56. The Bertz CT molecular complexity index is 1430. The number of amides is 2. The van der Waals surface area contributed by atoms with Crippen molar-refractivity contribution in [3.63, 3.8) is 0 Å². The highest BCUT2D eigenvalue weighted by molar-refractivity contribution is 5.98. The molecular formula is C28H27N5O5. The van der Waals surface area contributed by atoms with Gasteiger partial charge in [-0.2, -0.15) is 5.10 Å². The van der Waals surface area contributed by atoms with E-state index in [-0.39, 0.29) is 25.2 Å². The topological polar surface area (TPSA) is 131 Å². The number of aromatic nitrogens is 3. The van der Waals surface area contributed by atoms with Crippen LogP contribution in [0.5, 0.6) is 5.75 Å². The van der Waals surface area contributed by atoms with Crippen molar-refractivity contribution in [2.24, 2.45) is 5.73 Å². The van der Waals surface area contributed by atoms with Crippen LogP contribution in [-0.2, 0) is 20.7 Å². The monoisotopic (exact) mass is 513 g/mol. The SMILES string of the molecule is COc1ccccc1-c1ccn(-c2ncccc2C(=O)NC(Cc2ccccc2)C2(C(N)=O)OCCO2)n1. The van der Waals surface area contributed by atoms with Gasteiger partial charge in [0.25, 0.3) is 17.6 Å². The zero-order valence-electron chi connectivity index (χ0n) is 20.7. The van der Waals surface area contributed by atoms with Gasteiger partial charge >= 0.3 is 0 Å². The fourth-order valence-electron chi connectivity index (χ4n) is 4.51. The third-order valence-electron chi connectivity index (χ3n) is 6.33. The van der Waals surface area contributed by atoms with Gasteiger partial charge in [0.15, 0.2) is 5.82 Å². The van der Waals surface area contributed by atoms with E-state index in [1.807, 2.05) is 60.7 Å². The lowest BCUT2D eigenvalue weighted by atomic mass is 9.97. The Labute approximate surface area is 219 Å². The zero-order chi connectivity index (χ0) is 26.5. The summed E-state index contributed by atoms with van der Waals surface area (Å²) in [5.74, 6) is -2.10. The molecule has 0 spiro atoms. The number of hydrogen-bond donors (Lipinski definition) is 2. The van der Waals surface area contributed by atoms with Gasteiger partial charge in [0, 0.05) is 18.0 Å². The number of hydrogen-bond acceptors (Lipinski definition) is 7. The van der Waals surface area contributed by atoms with Crippen molar-refractivity contribution in [1.29, 1.82) is 0 Å². The number of primary amides is 1. The highest BCUT2D eigenvalue weighted by atomic mass is 16.7. The molecule has 1 unspecified atom stereocenters. The van der Waals surface area contributed by atoms with E-state index in [2.05, 4.69) is 15.4 Å². The zero-order valence-corrected chi connectivity index (χ0v) is 20.7. The first-order valence-electron chi connectivity index (χ1n) is 12.1. The quantitative estimate of drug-likeness (QED) is 0.352. The molecule has 1 saturated heterocycles. The molecule has 1 aliphatic heterocycles. The summed E-state index contributed by atoms with van der Waals surface area (Å²) in [7, 11) is 1.60. The molecule has 0 saturated carbocycles. The van der Waals surface area contributed by atoms with Crippen molar-refractivity contribution in [2.45, 2.75) is 18.2 Å². The maximum Gasteiger partial charge on any atom is 0.280 e. The Kier molecular flexibility index (Phi) is 7.16. The molecule has 0 aliphatic carbocycles. The van der Waals surface area contributed by atoms with Crippen LogP contribution in [0.3, 0.4) is 0 Å². The summed E-state index contributed by atoms with van der Waals surface area (Å²) < 4.78 is 18.4. The van der Waals surface area contributed by atoms with Crippen LogP contribution < -0.4 is 15.8 Å². The molecule has 0 bridgehead atoms. The highest BCUT2D eigenvalue weighted by Gasteiger charge is 2.51. The molecule has 2 amide bonds. The minimum Gasteiger partial charge on any atom is -0.496 e. The average molecular weight is 514 g/mol. The fourth-order valence-corrected chi connectivity index (χ4v) is 4.51. The van der Waals surface area contributed by atoms with Gasteiger partial charge in [-0.25, -0.2) is 9.67 Å². The number of ether oxygens (including phenoxy) is 3. The van der Waals surface area contributed by atoms with Crippen LogP contribution in [0.1, 0.15) is 15.9 Å². The van der Waals surface area contributed by atoms with Gasteiger partial charge in [0.1, 0.15) is 5.75 Å². The first-order chi connectivity index (χ1) is 18.5. The summed E-state index contributed by atoms with van der Waals surface area (Å²) in [5.41, 5.74) is 8.31. The lowest BCUT2D eigenvalue weighted by Crippen LogP contribution is -2.61. The van der Waals surface area contributed by atoms with E-state index >= 15 is 0 Å². The van der Waals surface area contributed by atoms with E-state index in [0.717, 1.165) is 11.1 Å². The van der Waals surface area contributed by atoms with Gasteiger partial charge < -0.3 is 25.3 Å². The standard InChI is InChI=1S/C28H27N5O5/c1-36-23-12-6-5-10-20(23)22-13-15-33(32-22)25-21(11-7-14-30-25)26(34)31-24(18-19-8-3-2-4-9-19)28(27(29)35)37-16-17-38-28/h2-15,24H,16-18H2,1H3,(H2,29,35)(H,31,34). The van der Waals surface area contributed by atoms with Crippen LogP contribution in [0, 0.1) is 0 Å². The number of methoxy groups -OCH3 is 1. The Morgan fingerprint density at radius 3 is 2.53 bits per heavy atom. The number of benzene rings is 2. The first kappa shape index (κ1) is 25.1. The molecule has 3 N–H and O–H groups in total.